The highest BCUT2D eigenvalue weighted by Gasteiger charge is 2.52. The van der Waals surface area contributed by atoms with E-state index in [0.29, 0.717) is 17.1 Å². The molecule has 0 radical (unpaired) electrons. The lowest BCUT2D eigenvalue weighted by Crippen LogP contribution is -2.45. The summed E-state index contributed by atoms with van der Waals surface area (Å²) in [6.07, 6.45) is 1.87. The topological polar surface area (TPSA) is 55.2 Å². The van der Waals surface area contributed by atoms with Crippen molar-refractivity contribution in [1.29, 1.82) is 0 Å². The van der Waals surface area contributed by atoms with Gasteiger partial charge in [-0.2, -0.15) is 0 Å². The van der Waals surface area contributed by atoms with Crippen LogP contribution in [0.5, 0.6) is 0 Å². The molecule has 7 heteroatoms. The van der Waals surface area contributed by atoms with Gasteiger partial charge in [0, 0.05) is 17.5 Å². The summed E-state index contributed by atoms with van der Waals surface area (Å²) in [5.74, 6) is 0. The second kappa shape index (κ2) is 6.26. The van der Waals surface area contributed by atoms with Crippen molar-refractivity contribution < 1.29 is 9.53 Å². The molecule has 1 aliphatic carbocycles. The molecule has 23 heavy (non-hydrogen) atoms. The van der Waals surface area contributed by atoms with Crippen LogP contribution in [0.3, 0.4) is 0 Å². The molecule has 1 aromatic rings. The first-order chi connectivity index (χ1) is 10.4. The van der Waals surface area contributed by atoms with E-state index in [2.05, 4.69) is 44.1 Å². The van der Waals surface area contributed by atoms with Gasteiger partial charge in [-0.25, -0.2) is 0 Å². The highest BCUT2D eigenvalue weighted by Crippen LogP contribution is 2.50. The molecule has 130 valence electrons. The van der Waals surface area contributed by atoms with Gasteiger partial charge in [-0.05, 0) is 37.9 Å². The lowest BCUT2D eigenvalue weighted by Gasteiger charge is -2.40. The molecule has 1 saturated carbocycles. The first kappa shape index (κ1) is 19.1. The van der Waals surface area contributed by atoms with Gasteiger partial charge in [0.2, 0.25) is 0 Å². The van der Waals surface area contributed by atoms with Crippen molar-refractivity contribution in [2.24, 2.45) is 0 Å². The maximum Gasteiger partial charge on any atom is 0.192 e. The summed E-state index contributed by atoms with van der Waals surface area (Å²) in [4.78, 5) is 0. The normalized spacial score (nSPS) is 18.8. The molecule has 1 unspecified atom stereocenters. The van der Waals surface area contributed by atoms with E-state index < -0.39 is 14.4 Å². The van der Waals surface area contributed by atoms with E-state index in [4.69, 9.17) is 27.6 Å². The molecule has 0 amide bonds. The number of aliphatic hydroxyl groups excluding tert-OH is 1. The fourth-order valence-electron chi connectivity index (χ4n) is 2.50. The summed E-state index contributed by atoms with van der Waals surface area (Å²) in [5.41, 5.74) is 1.12. The third kappa shape index (κ3) is 4.07. The van der Waals surface area contributed by atoms with Crippen molar-refractivity contribution in [2.75, 3.05) is 0 Å². The Bertz CT molecular complexity index is 596. The smallest absolute Gasteiger partial charge is 0.192 e. The van der Waals surface area contributed by atoms with E-state index in [1.807, 2.05) is 0 Å². The summed E-state index contributed by atoms with van der Waals surface area (Å²) in [7, 11) is -1.88. The van der Waals surface area contributed by atoms with E-state index >= 15 is 0 Å². The molecule has 0 spiro atoms. The Morgan fingerprint density at radius 3 is 2.17 bits per heavy atom. The van der Waals surface area contributed by atoms with Crippen LogP contribution in [0.1, 0.15) is 57.8 Å². The van der Waals surface area contributed by atoms with Crippen LogP contribution in [0.15, 0.2) is 0 Å². The van der Waals surface area contributed by atoms with Gasteiger partial charge in [-0.1, -0.05) is 44.0 Å². The van der Waals surface area contributed by atoms with Crippen LogP contribution in [0.4, 0.5) is 0 Å². The summed E-state index contributed by atoms with van der Waals surface area (Å²) < 4.78 is 6.64. The molecule has 1 fully saturated rings. The lowest BCUT2D eigenvalue weighted by molar-refractivity contribution is 0.155. The van der Waals surface area contributed by atoms with Crippen molar-refractivity contribution in [3.8, 4) is 0 Å². The molecule has 4 nitrogen and oxygen atoms in total. The van der Waals surface area contributed by atoms with E-state index in [1.165, 1.54) is 0 Å². The molecule has 1 atom stereocenters. The number of nitrogens with zero attached hydrogens (tertiary/aromatic N) is 2. The Kier molecular flexibility index (Phi) is 5.21. The van der Waals surface area contributed by atoms with Crippen molar-refractivity contribution in [1.82, 2.24) is 10.2 Å². The molecule has 0 aromatic carbocycles. The van der Waals surface area contributed by atoms with Crippen molar-refractivity contribution in [2.45, 2.75) is 76.8 Å². The second-order valence-electron chi connectivity index (χ2n) is 8.07. The van der Waals surface area contributed by atoms with Gasteiger partial charge in [0.25, 0.3) is 0 Å². The Labute approximate surface area is 149 Å². The third-order valence-corrected chi connectivity index (χ3v) is 10.2. The van der Waals surface area contributed by atoms with Crippen LogP contribution in [-0.4, -0.2) is 29.2 Å². The number of aromatic nitrogens is 2. The van der Waals surface area contributed by atoms with Gasteiger partial charge in [0.1, 0.15) is 0 Å². The number of aliphatic hydroxyl groups is 1. The molecule has 0 bridgehead atoms. The Morgan fingerprint density at radius 2 is 1.74 bits per heavy atom. The molecule has 2 rings (SSSR count). The minimum atomic E-state index is -1.88. The van der Waals surface area contributed by atoms with Crippen LogP contribution in [0.25, 0.3) is 0 Å². The molecule has 1 aromatic heterocycles. The van der Waals surface area contributed by atoms with E-state index in [9.17, 15) is 5.11 Å². The van der Waals surface area contributed by atoms with E-state index in [-0.39, 0.29) is 15.8 Å². The summed E-state index contributed by atoms with van der Waals surface area (Å²) in [5, 5.41) is 18.4. The number of halogens is 2. The van der Waals surface area contributed by atoms with Crippen LogP contribution >= 0.6 is 23.2 Å². The Hall–Kier alpha value is -0.203. The molecule has 1 N–H and O–H groups in total. The monoisotopic (exact) mass is 376 g/mol. The van der Waals surface area contributed by atoms with Crippen molar-refractivity contribution >= 4 is 31.5 Å². The molecule has 0 saturated heterocycles. The van der Waals surface area contributed by atoms with Gasteiger partial charge in [0.05, 0.1) is 11.7 Å². The number of hydrogen-bond donors (Lipinski definition) is 1. The van der Waals surface area contributed by atoms with Crippen LogP contribution < -0.4 is 0 Å². The zero-order valence-electron chi connectivity index (χ0n) is 14.7. The maximum absolute atomic E-state index is 10.0. The predicted molar refractivity (Wildman–Crippen MR) is 96.6 cm³/mol. The molecule has 0 aliphatic heterocycles. The first-order valence-corrected chi connectivity index (χ1v) is 11.6. The van der Waals surface area contributed by atoms with Crippen LogP contribution in [-0.2, 0) is 10.8 Å². The zero-order valence-corrected chi connectivity index (χ0v) is 17.2. The summed E-state index contributed by atoms with van der Waals surface area (Å²) in [6.45, 7) is 12.9. The van der Waals surface area contributed by atoms with Crippen molar-refractivity contribution in [3.05, 3.63) is 21.4 Å². The lowest BCUT2D eigenvalue weighted by atomic mass is 10.0. The molecule has 1 aliphatic rings. The highest BCUT2D eigenvalue weighted by molar-refractivity contribution is 6.74. The minimum absolute atomic E-state index is 0.146. The quantitative estimate of drug-likeness (QED) is 0.739. The van der Waals surface area contributed by atoms with E-state index in [1.54, 1.807) is 6.92 Å². The standard InChI is InChI=1S/C16H26Cl2N2O2Si/c1-10(21)12-11(13(17)19-20-14(12)18)9-16(7-8-16)22-23(5,6)15(2,3)4/h10,21H,7-9H2,1-6H3. The van der Waals surface area contributed by atoms with Gasteiger partial charge in [0.15, 0.2) is 18.6 Å². The average Bonchev–Trinajstić information content (AvgIpc) is 3.11. The number of hydrogen-bond acceptors (Lipinski definition) is 4. The SMILES string of the molecule is CC(O)c1c(Cl)nnc(Cl)c1CC1(O[Si](C)(C)C(C)(C)C)CC1. The van der Waals surface area contributed by atoms with E-state index in [0.717, 1.165) is 18.4 Å². The largest absolute Gasteiger partial charge is 0.411 e. The molecule has 1 heterocycles. The van der Waals surface area contributed by atoms with Crippen LogP contribution in [0.2, 0.25) is 28.4 Å². The summed E-state index contributed by atoms with van der Waals surface area (Å²) in [6, 6.07) is 0. The van der Waals surface area contributed by atoms with Gasteiger partial charge in [-0.3, -0.25) is 0 Å². The third-order valence-electron chi connectivity index (χ3n) is 5.02. The Balaban J connectivity index is 2.31. The second-order valence-corrected chi connectivity index (χ2v) is 13.5. The number of rotatable bonds is 5. The Morgan fingerprint density at radius 1 is 1.22 bits per heavy atom. The summed E-state index contributed by atoms with van der Waals surface area (Å²) >= 11 is 12.4. The van der Waals surface area contributed by atoms with Crippen LogP contribution in [0, 0.1) is 0 Å². The highest BCUT2D eigenvalue weighted by atomic mass is 35.5. The molecular formula is C16H26Cl2N2O2Si. The van der Waals surface area contributed by atoms with Gasteiger partial charge in [-0.15, -0.1) is 10.2 Å². The van der Waals surface area contributed by atoms with Gasteiger partial charge >= 0.3 is 0 Å². The maximum atomic E-state index is 10.0. The van der Waals surface area contributed by atoms with Crippen molar-refractivity contribution in [3.63, 3.8) is 0 Å². The fraction of sp³-hybridized carbons (Fsp3) is 0.750. The predicted octanol–water partition coefficient (Wildman–Crippen LogP) is 4.93. The fourth-order valence-corrected chi connectivity index (χ4v) is 4.68. The zero-order chi connectivity index (χ0) is 17.6. The minimum Gasteiger partial charge on any atom is -0.411 e. The average molecular weight is 377 g/mol. The first-order valence-electron chi connectivity index (χ1n) is 7.97. The van der Waals surface area contributed by atoms with Gasteiger partial charge < -0.3 is 9.53 Å². The molecular weight excluding hydrogens is 351 g/mol.